The summed E-state index contributed by atoms with van der Waals surface area (Å²) < 4.78 is 61.2. The van der Waals surface area contributed by atoms with Gasteiger partial charge in [-0.15, -0.1) is 0 Å². The van der Waals surface area contributed by atoms with Gasteiger partial charge in [0, 0.05) is 19.6 Å². The Morgan fingerprint density at radius 3 is 2.47 bits per heavy atom. The van der Waals surface area contributed by atoms with Gasteiger partial charge in [-0.2, -0.15) is 9.57 Å². The Morgan fingerprint density at radius 2 is 1.78 bits per heavy atom. The Labute approximate surface area is 189 Å². The molecule has 0 amide bonds. The second-order valence-electron chi connectivity index (χ2n) is 7.25. The summed E-state index contributed by atoms with van der Waals surface area (Å²) in [4.78, 5) is -0.0959. The molecule has 2 N–H and O–H groups in total. The Morgan fingerprint density at radius 1 is 1.03 bits per heavy atom. The Hall–Kier alpha value is -2.65. The van der Waals surface area contributed by atoms with Crippen molar-refractivity contribution in [3.63, 3.8) is 0 Å². The van der Waals surface area contributed by atoms with Crippen LogP contribution in [0, 0.1) is 11.3 Å². The molecule has 0 radical (unpaired) electrons. The van der Waals surface area contributed by atoms with Gasteiger partial charge in [0.25, 0.3) is 10.0 Å². The minimum atomic E-state index is -4.06. The second-order valence-corrected chi connectivity index (χ2v) is 10.9. The first-order valence-electron chi connectivity index (χ1n) is 10.3. The minimum absolute atomic E-state index is 0.0103. The highest BCUT2D eigenvalue weighted by atomic mass is 32.2. The maximum Gasteiger partial charge on any atom is 0.262 e. The summed E-state index contributed by atoms with van der Waals surface area (Å²) in [5.41, 5.74) is 0.801. The summed E-state index contributed by atoms with van der Waals surface area (Å²) in [7, 11) is -7.87. The van der Waals surface area contributed by atoms with Crippen molar-refractivity contribution in [2.24, 2.45) is 0 Å². The van der Waals surface area contributed by atoms with Crippen LogP contribution >= 0.6 is 0 Å². The zero-order chi connectivity index (χ0) is 23.2. The van der Waals surface area contributed by atoms with Crippen LogP contribution in [-0.2, 0) is 24.8 Å². The maximum absolute atomic E-state index is 13.1. The fourth-order valence-corrected chi connectivity index (χ4v) is 5.75. The maximum atomic E-state index is 13.1. The molecule has 0 aliphatic carbocycles. The van der Waals surface area contributed by atoms with Crippen LogP contribution < -0.4 is 10.0 Å². The summed E-state index contributed by atoms with van der Waals surface area (Å²) in [5.74, 6) is 0. The molecule has 11 heteroatoms. The van der Waals surface area contributed by atoms with Gasteiger partial charge in [0.2, 0.25) is 10.0 Å². The number of unbranched alkanes of at least 4 members (excludes halogenated alkanes) is 1. The van der Waals surface area contributed by atoms with E-state index in [1.54, 1.807) is 6.07 Å². The SMILES string of the molecule is CCCCNc1ccc(S(=O)(=O)N2CCOCC2)cc1NS(=O)(=O)c1cccc(C#N)c1. The lowest BCUT2D eigenvalue weighted by molar-refractivity contribution is 0.0730. The Balaban J connectivity index is 1.98. The molecule has 172 valence electrons. The van der Waals surface area contributed by atoms with Crippen molar-refractivity contribution in [3.05, 3.63) is 48.0 Å². The van der Waals surface area contributed by atoms with E-state index in [-0.39, 0.29) is 34.1 Å². The predicted octanol–water partition coefficient (Wildman–Crippen LogP) is 2.59. The van der Waals surface area contributed by atoms with E-state index in [0.717, 1.165) is 12.8 Å². The molecule has 1 saturated heterocycles. The molecule has 0 unspecified atom stereocenters. The van der Waals surface area contributed by atoms with Crippen LogP contribution in [0.5, 0.6) is 0 Å². The van der Waals surface area contributed by atoms with Crippen LogP contribution in [0.1, 0.15) is 25.3 Å². The summed E-state index contributed by atoms with van der Waals surface area (Å²) in [5, 5.41) is 12.2. The van der Waals surface area contributed by atoms with E-state index in [1.165, 1.54) is 40.7 Å². The third-order valence-electron chi connectivity index (χ3n) is 4.96. The van der Waals surface area contributed by atoms with Gasteiger partial charge in [-0.3, -0.25) is 4.72 Å². The molecule has 0 bridgehead atoms. The summed E-state index contributed by atoms with van der Waals surface area (Å²) in [6, 6.07) is 11.9. The van der Waals surface area contributed by atoms with Gasteiger partial charge in [0.05, 0.1) is 46.0 Å². The molecule has 2 aromatic carbocycles. The van der Waals surface area contributed by atoms with Gasteiger partial charge in [-0.25, -0.2) is 16.8 Å². The summed E-state index contributed by atoms with van der Waals surface area (Å²) in [6.07, 6.45) is 1.81. The average Bonchev–Trinajstić information content (AvgIpc) is 2.80. The third kappa shape index (κ3) is 5.58. The zero-order valence-electron chi connectivity index (χ0n) is 17.7. The standard InChI is InChI=1S/C21H26N4O5S2/c1-2-3-9-23-20-8-7-19(32(28,29)25-10-12-30-13-11-25)15-21(20)24-31(26,27)18-6-4-5-17(14-18)16-22/h4-8,14-15,23-24H,2-3,9-13H2,1H3. The van der Waals surface area contributed by atoms with Crippen LogP contribution in [0.15, 0.2) is 52.3 Å². The van der Waals surface area contributed by atoms with Gasteiger partial charge in [-0.1, -0.05) is 19.4 Å². The van der Waals surface area contributed by atoms with Crippen LogP contribution in [0.25, 0.3) is 0 Å². The van der Waals surface area contributed by atoms with Crippen molar-refractivity contribution in [1.82, 2.24) is 4.31 Å². The molecule has 0 atom stereocenters. The van der Waals surface area contributed by atoms with E-state index in [9.17, 15) is 16.8 Å². The molecule has 2 aromatic rings. The van der Waals surface area contributed by atoms with Crippen molar-refractivity contribution in [1.29, 1.82) is 5.26 Å². The molecule has 1 aliphatic rings. The van der Waals surface area contributed by atoms with Gasteiger partial charge in [-0.05, 0) is 42.8 Å². The molecular weight excluding hydrogens is 452 g/mol. The number of nitriles is 1. The zero-order valence-corrected chi connectivity index (χ0v) is 19.4. The van der Waals surface area contributed by atoms with Crippen molar-refractivity contribution in [3.8, 4) is 6.07 Å². The van der Waals surface area contributed by atoms with Crippen LogP contribution in [0.3, 0.4) is 0 Å². The fourth-order valence-electron chi connectivity index (χ4n) is 3.19. The predicted molar refractivity (Wildman–Crippen MR) is 121 cm³/mol. The Kier molecular flexibility index (Phi) is 7.73. The van der Waals surface area contributed by atoms with Crippen molar-refractivity contribution in [2.45, 2.75) is 29.6 Å². The molecule has 3 rings (SSSR count). The number of rotatable bonds is 9. The molecule has 0 saturated carbocycles. The summed E-state index contributed by atoms with van der Waals surface area (Å²) in [6.45, 7) is 3.73. The van der Waals surface area contributed by atoms with E-state index in [0.29, 0.717) is 25.4 Å². The normalized spacial score (nSPS) is 15.1. The monoisotopic (exact) mass is 478 g/mol. The molecule has 32 heavy (non-hydrogen) atoms. The topological polar surface area (TPSA) is 129 Å². The molecule has 1 fully saturated rings. The highest BCUT2D eigenvalue weighted by Gasteiger charge is 2.27. The molecule has 0 spiro atoms. The lowest BCUT2D eigenvalue weighted by atomic mass is 10.2. The van der Waals surface area contributed by atoms with Gasteiger partial charge >= 0.3 is 0 Å². The van der Waals surface area contributed by atoms with E-state index in [1.807, 2.05) is 13.0 Å². The number of anilines is 2. The van der Waals surface area contributed by atoms with E-state index >= 15 is 0 Å². The molecule has 1 heterocycles. The van der Waals surface area contributed by atoms with Gasteiger partial charge in [0.1, 0.15) is 0 Å². The van der Waals surface area contributed by atoms with E-state index in [2.05, 4.69) is 10.0 Å². The first-order chi connectivity index (χ1) is 15.3. The Bertz CT molecular complexity index is 1200. The smallest absolute Gasteiger partial charge is 0.262 e. The lowest BCUT2D eigenvalue weighted by Gasteiger charge is -2.26. The number of benzene rings is 2. The van der Waals surface area contributed by atoms with E-state index in [4.69, 9.17) is 10.00 Å². The highest BCUT2D eigenvalue weighted by Crippen LogP contribution is 2.30. The van der Waals surface area contributed by atoms with Crippen molar-refractivity contribution in [2.75, 3.05) is 42.9 Å². The number of hydrogen-bond acceptors (Lipinski definition) is 7. The second kappa shape index (κ2) is 10.3. The van der Waals surface area contributed by atoms with Crippen molar-refractivity contribution < 1.29 is 21.6 Å². The molecule has 1 aliphatic heterocycles. The quantitative estimate of drug-likeness (QED) is 0.530. The van der Waals surface area contributed by atoms with Gasteiger partial charge in [0.15, 0.2) is 0 Å². The molecular formula is C21H26N4O5S2. The van der Waals surface area contributed by atoms with Crippen LogP contribution in [-0.4, -0.2) is 54.0 Å². The lowest BCUT2D eigenvalue weighted by Crippen LogP contribution is -2.40. The number of nitrogens with one attached hydrogen (secondary N) is 2. The minimum Gasteiger partial charge on any atom is -0.383 e. The number of ether oxygens (including phenoxy) is 1. The largest absolute Gasteiger partial charge is 0.383 e. The number of morpholine rings is 1. The number of sulfonamides is 2. The first kappa shape index (κ1) is 24.0. The highest BCUT2D eigenvalue weighted by molar-refractivity contribution is 7.92. The number of nitrogens with zero attached hydrogens (tertiary/aromatic N) is 2. The molecule has 0 aromatic heterocycles. The fraction of sp³-hybridized carbons (Fsp3) is 0.381. The van der Waals surface area contributed by atoms with Crippen LogP contribution in [0.2, 0.25) is 0 Å². The number of hydrogen-bond donors (Lipinski definition) is 2. The van der Waals surface area contributed by atoms with Crippen LogP contribution in [0.4, 0.5) is 11.4 Å². The summed E-state index contributed by atoms with van der Waals surface area (Å²) >= 11 is 0. The van der Waals surface area contributed by atoms with Gasteiger partial charge < -0.3 is 10.1 Å². The molecule has 9 nitrogen and oxygen atoms in total. The third-order valence-corrected chi connectivity index (χ3v) is 8.22. The average molecular weight is 479 g/mol. The van der Waals surface area contributed by atoms with Crippen molar-refractivity contribution >= 4 is 31.4 Å². The van der Waals surface area contributed by atoms with E-state index < -0.39 is 20.0 Å². The first-order valence-corrected chi connectivity index (χ1v) is 13.2.